The molecular formula is C24H26N2O4S. The lowest BCUT2D eigenvalue weighted by Crippen LogP contribution is -2.35. The third-order valence-corrected chi connectivity index (χ3v) is 6.95. The molecule has 0 fully saturated rings. The molecule has 162 valence electrons. The number of nitrogens with zero attached hydrogens (tertiary/aromatic N) is 1. The van der Waals surface area contributed by atoms with E-state index in [1.165, 1.54) is 11.4 Å². The zero-order valence-corrected chi connectivity index (χ0v) is 18.4. The van der Waals surface area contributed by atoms with Gasteiger partial charge in [0.2, 0.25) is 15.9 Å². The van der Waals surface area contributed by atoms with Gasteiger partial charge in [-0.15, -0.1) is 0 Å². The quantitative estimate of drug-likeness (QED) is 0.552. The zero-order valence-electron chi connectivity index (χ0n) is 17.6. The van der Waals surface area contributed by atoms with Crippen molar-refractivity contribution in [2.75, 3.05) is 14.2 Å². The zero-order chi connectivity index (χ0) is 22.3. The van der Waals surface area contributed by atoms with Gasteiger partial charge in [-0.2, -0.15) is 4.31 Å². The lowest BCUT2D eigenvalue weighted by Gasteiger charge is -2.28. The number of rotatable bonds is 9. The van der Waals surface area contributed by atoms with E-state index in [1.807, 2.05) is 30.3 Å². The Balaban J connectivity index is 1.84. The summed E-state index contributed by atoms with van der Waals surface area (Å²) >= 11 is 0. The summed E-state index contributed by atoms with van der Waals surface area (Å²) in [6, 6.07) is 24.2. The number of benzene rings is 3. The van der Waals surface area contributed by atoms with Crippen molar-refractivity contribution in [3.8, 4) is 5.75 Å². The van der Waals surface area contributed by atoms with Gasteiger partial charge in [0.25, 0.3) is 0 Å². The van der Waals surface area contributed by atoms with Gasteiger partial charge in [-0.25, -0.2) is 8.42 Å². The predicted octanol–water partition coefficient (Wildman–Crippen LogP) is 3.76. The van der Waals surface area contributed by atoms with Gasteiger partial charge in [0.05, 0.1) is 18.0 Å². The van der Waals surface area contributed by atoms with Crippen molar-refractivity contribution in [2.45, 2.75) is 23.9 Å². The third-order valence-electron chi connectivity index (χ3n) is 5.07. The minimum absolute atomic E-state index is 0.0122. The molecule has 0 aromatic heterocycles. The average molecular weight is 439 g/mol. The molecule has 0 saturated carbocycles. The smallest absolute Gasteiger partial charge is 0.243 e. The molecule has 3 aromatic rings. The second-order valence-electron chi connectivity index (χ2n) is 7.09. The molecule has 0 radical (unpaired) electrons. The SMILES string of the molecule is COc1ccc([C@@H](CC(=O)NCc2ccccc2)N(C)S(=O)(=O)c2ccccc2)cc1. The number of carbonyl (C=O) groups is 1. The maximum atomic E-state index is 13.2. The molecule has 0 spiro atoms. The molecule has 1 amide bonds. The van der Waals surface area contributed by atoms with E-state index in [-0.39, 0.29) is 17.2 Å². The Morgan fingerprint density at radius 2 is 1.52 bits per heavy atom. The molecule has 0 saturated heterocycles. The summed E-state index contributed by atoms with van der Waals surface area (Å²) in [5, 5.41) is 2.88. The van der Waals surface area contributed by atoms with Gasteiger partial charge in [0.1, 0.15) is 5.75 Å². The Bertz CT molecular complexity index is 1090. The fourth-order valence-electron chi connectivity index (χ4n) is 3.25. The maximum absolute atomic E-state index is 13.2. The monoisotopic (exact) mass is 438 g/mol. The Morgan fingerprint density at radius 3 is 2.10 bits per heavy atom. The van der Waals surface area contributed by atoms with E-state index < -0.39 is 16.1 Å². The fourth-order valence-corrected chi connectivity index (χ4v) is 4.62. The summed E-state index contributed by atoms with van der Waals surface area (Å²) in [6.45, 7) is 0.379. The van der Waals surface area contributed by atoms with E-state index in [0.717, 1.165) is 5.56 Å². The van der Waals surface area contributed by atoms with Gasteiger partial charge in [-0.3, -0.25) is 4.79 Å². The predicted molar refractivity (Wildman–Crippen MR) is 120 cm³/mol. The number of methoxy groups -OCH3 is 1. The first-order valence-corrected chi connectivity index (χ1v) is 11.3. The summed E-state index contributed by atoms with van der Waals surface area (Å²) in [7, 11) is -0.726. The van der Waals surface area contributed by atoms with Gasteiger partial charge in [0.15, 0.2) is 0 Å². The fraction of sp³-hybridized carbons (Fsp3) is 0.208. The van der Waals surface area contributed by atoms with Crippen LogP contribution in [0.1, 0.15) is 23.6 Å². The molecule has 7 heteroatoms. The number of sulfonamides is 1. The number of nitrogens with one attached hydrogen (secondary N) is 1. The molecule has 1 N–H and O–H groups in total. The first-order chi connectivity index (χ1) is 14.9. The van der Waals surface area contributed by atoms with Gasteiger partial charge in [0, 0.05) is 20.0 Å². The molecular weight excluding hydrogens is 412 g/mol. The molecule has 0 bridgehead atoms. The van der Waals surface area contributed by atoms with E-state index in [0.29, 0.717) is 17.9 Å². The topological polar surface area (TPSA) is 75.7 Å². The highest BCUT2D eigenvalue weighted by atomic mass is 32.2. The Labute approximate surface area is 183 Å². The minimum atomic E-state index is -3.79. The van der Waals surface area contributed by atoms with Crippen molar-refractivity contribution in [1.29, 1.82) is 0 Å². The van der Waals surface area contributed by atoms with E-state index in [4.69, 9.17) is 4.74 Å². The first kappa shape index (κ1) is 22.5. The number of ether oxygens (including phenoxy) is 1. The summed E-state index contributed by atoms with van der Waals surface area (Å²) in [4.78, 5) is 12.9. The number of hydrogen-bond acceptors (Lipinski definition) is 4. The van der Waals surface area contributed by atoms with Crippen molar-refractivity contribution >= 4 is 15.9 Å². The van der Waals surface area contributed by atoms with Gasteiger partial charge < -0.3 is 10.1 Å². The van der Waals surface area contributed by atoms with Crippen LogP contribution in [0.5, 0.6) is 5.75 Å². The van der Waals surface area contributed by atoms with Crippen LogP contribution in [0.2, 0.25) is 0 Å². The highest BCUT2D eigenvalue weighted by Gasteiger charge is 2.30. The molecule has 31 heavy (non-hydrogen) atoms. The van der Waals surface area contributed by atoms with E-state index in [2.05, 4.69) is 5.32 Å². The van der Waals surface area contributed by atoms with Crippen molar-refractivity contribution < 1.29 is 17.9 Å². The third kappa shape index (κ3) is 5.71. The van der Waals surface area contributed by atoms with Gasteiger partial charge in [-0.1, -0.05) is 60.7 Å². The molecule has 3 rings (SSSR count). The van der Waals surface area contributed by atoms with Crippen LogP contribution in [0.3, 0.4) is 0 Å². The van der Waals surface area contributed by atoms with Crippen LogP contribution in [-0.2, 0) is 21.4 Å². The van der Waals surface area contributed by atoms with Crippen molar-refractivity contribution in [1.82, 2.24) is 9.62 Å². The number of carbonyl (C=O) groups excluding carboxylic acids is 1. The second-order valence-corrected chi connectivity index (χ2v) is 9.09. The van der Waals surface area contributed by atoms with Gasteiger partial charge in [-0.05, 0) is 35.4 Å². The summed E-state index contributed by atoms with van der Waals surface area (Å²) in [5.74, 6) is 0.421. The van der Waals surface area contributed by atoms with Crippen molar-refractivity contribution in [2.24, 2.45) is 0 Å². The van der Waals surface area contributed by atoms with Crippen LogP contribution in [0.15, 0.2) is 89.8 Å². The molecule has 0 unspecified atom stereocenters. The number of hydrogen-bond donors (Lipinski definition) is 1. The average Bonchev–Trinajstić information content (AvgIpc) is 2.82. The molecule has 0 aliphatic carbocycles. The molecule has 0 aliphatic rings. The molecule has 6 nitrogen and oxygen atoms in total. The summed E-state index contributed by atoms with van der Waals surface area (Å²) in [6.07, 6.45) is -0.0122. The largest absolute Gasteiger partial charge is 0.497 e. The van der Waals surface area contributed by atoms with E-state index in [9.17, 15) is 13.2 Å². The standard InChI is InChI=1S/C24H26N2O4S/c1-26(31(28,29)22-11-7-4-8-12-22)23(20-13-15-21(30-2)16-14-20)17-24(27)25-18-19-9-5-3-6-10-19/h3-16,23H,17-18H2,1-2H3,(H,25,27)/t23-/m1/s1. The van der Waals surface area contributed by atoms with Crippen LogP contribution >= 0.6 is 0 Å². The lowest BCUT2D eigenvalue weighted by atomic mass is 10.0. The minimum Gasteiger partial charge on any atom is -0.497 e. The van der Waals surface area contributed by atoms with Crippen LogP contribution in [-0.4, -0.2) is 32.8 Å². The Kier molecular flexibility index (Phi) is 7.44. The number of amides is 1. The van der Waals surface area contributed by atoms with Crippen LogP contribution in [0.25, 0.3) is 0 Å². The first-order valence-electron chi connectivity index (χ1n) is 9.89. The lowest BCUT2D eigenvalue weighted by molar-refractivity contribution is -0.122. The van der Waals surface area contributed by atoms with Crippen molar-refractivity contribution in [3.05, 3.63) is 96.1 Å². The van der Waals surface area contributed by atoms with E-state index >= 15 is 0 Å². The Hall–Kier alpha value is -3.16. The van der Waals surface area contributed by atoms with Crippen LogP contribution < -0.4 is 10.1 Å². The molecule has 0 heterocycles. The van der Waals surface area contributed by atoms with Crippen LogP contribution in [0.4, 0.5) is 0 Å². The van der Waals surface area contributed by atoms with Gasteiger partial charge >= 0.3 is 0 Å². The summed E-state index contributed by atoms with van der Waals surface area (Å²) < 4.78 is 32.9. The molecule has 3 aromatic carbocycles. The summed E-state index contributed by atoms with van der Waals surface area (Å²) in [5.41, 5.74) is 1.68. The molecule has 1 atom stereocenters. The highest BCUT2D eigenvalue weighted by molar-refractivity contribution is 7.89. The Morgan fingerprint density at radius 1 is 0.935 bits per heavy atom. The second kappa shape index (κ2) is 10.2. The van der Waals surface area contributed by atoms with Crippen LogP contribution in [0, 0.1) is 0 Å². The van der Waals surface area contributed by atoms with E-state index in [1.54, 1.807) is 61.7 Å². The van der Waals surface area contributed by atoms with Crippen molar-refractivity contribution in [3.63, 3.8) is 0 Å². The normalized spacial score (nSPS) is 12.4. The highest BCUT2D eigenvalue weighted by Crippen LogP contribution is 2.30. The molecule has 0 aliphatic heterocycles. The maximum Gasteiger partial charge on any atom is 0.243 e.